The van der Waals surface area contributed by atoms with Crippen LogP contribution in [0.15, 0.2) is 42.7 Å². The molecule has 2 heterocycles. The van der Waals surface area contributed by atoms with Gasteiger partial charge in [0.05, 0.1) is 5.69 Å². The molecule has 112 valence electrons. The molecule has 0 atom stereocenters. The number of aromatic hydroxyl groups is 1. The molecule has 0 amide bonds. The molecule has 5 N–H and O–H groups in total. The van der Waals surface area contributed by atoms with Crippen LogP contribution in [0.25, 0.3) is 22.4 Å². The third-order valence-electron chi connectivity index (χ3n) is 3.28. The molecule has 0 radical (unpaired) electrons. The number of phenols is 1. The summed E-state index contributed by atoms with van der Waals surface area (Å²) in [5.74, 6) is 0.354. The zero-order chi connectivity index (χ0) is 16.4. The van der Waals surface area contributed by atoms with Crippen LogP contribution in [-0.4, -0.2) is 20.1 Å². The van der Waals surface area contributed by atoms with E-state index in [0.717, 1.165) is 0 Å². The third-order valence-corrected chi connectivity index (χ3v) is 3.28. The standard InChI is InChI=1S/C16H12N6O/c17-6-13-12(10-7-20-16(19)21-8-10)5-14(22-15(13)18)9-2-1-3-11(23)4-9/h1-5,7-8,23H,(H2,18,22)(H2,19,20,21). The van der Waals surface area contributed by atoms with Crippen molar-refractivity contribution in [2.75, 3.05) is 11.5 Å². The second-order valence-corrected chi connectivity index (χ2v) is 4.81. The summed E-state index contributed by atoms with van der Waals surface area (Å²) in [5.41, 5.74) is 14.0. The lowest BCUT2D eigenvalue weighted by Crippen LogP contribution is -2.01. The highest BCUT2D eigenvalue weighted by Gasteiger charge is 2.14. The second kappa shape index (κ2) is 5.61. The monoisotopic (exact) mass is 304 g/mol. The first-order valence-corrected chi connectivity index (χ1v) is 6.66. The summed E-state index contributed by atoms with van der Waals surface area (Å²) in [6, 6.07) is 10.4. The zero-order valence-corrected chi connectivity index (χ0v) is 11.9. The first kappa shape index (κ1) is 14.3. The van der Waals surface area contributed by atoms with Crippen molar-refractivity contribution in [1.29, 1.82) is 5.26 Å². The summed E-state index contributed by atoms with van der Waals surface area (Å²) in [6.45, 7) is 0. The van der Waals surface area contributed by atoms with Crippen LogP contribution in [0, 0.1) is 11.3 Å². The molecular formula is C16H12N6O. The third kappa shape index (κ3) is 2.73. The minimum atomic E-state index is 0.0974. The Kier molecular flexibility index (Phi) is 3.49. The molecule has 3 aromatic rings. The lowest BCUT2D eigenvalue weighted by atomic mass is 10.0. The van der Waals surface area contributed by atoms with E-state index in [1.165, 1.54) is 12.4 Å². The van der Waals surface area contributed by atoms with Crippen molar-refractivity contribution >= 4 is 11.8 Å². The zero-order valence-electron chi connectivity index (χ0n) is 11.9. The number of nitrogens with two attached hydrogens (primary N) is 2. The maximum absolute atomic E-state index is 9.62. The molecule has 0 spiro atoms. The SMILES string of the molecule is N#Cc1c(-c2cnc(N)nc2)cc(-c2cccc(O)c2)nc1N. The number of nitriles is 1. The average molecular weight is 304 g/mol. The highest BCUT2D eigenvalue weighted by molar-refractivity contribution is 5.79. The van der Waals surface area contributed by atoms with Gasteiger partial charge in [-0.3, -0.25) is 0 Å². The predicted molar refractivity (Wildman–Crippen MR) is 85.9 cm³/mol. The normalized spacial score (nSPS) is 10.2. The van der Waals surface area contributed by atoms with E-state index in [1.54, 1.807) is 30.3 Å². The molecule has 0 saturated heterocycles. The molecule has 0 aliphatic heterocycles. The molecule has 0 aliphatic rings. The molecule has 7 nitrogen and oxygen atoms in total. The fraction of sp³-hybridized carbons (Fsp3) is 0. The quantitative estimate of drug-likeness (QED) is 0.658. The highest BCUT2D eigenvalue weighted by atomic mass is 16.3. The first-order chi connectivity index (χ1) is 11.1. The number of hydrogen-bond donors (Lipinski definition) is 3. The van der Waals surface area contributed by atoms with Gasteiger partial charge in [0.25, 0.3) is 0 Å². The number of anilines is 2. The van der Waals surface area contributed by atoms with Gasteiger partial charge in [0.2, 0.25) is 5.95 Å². The molecule has 2 aromatic heterocycles. The van der Waals surface area contributed by atoms with Gasteiger partial charge < -0.3 is 16.6 Å². The van der Waals surface area contributed by atoms with Gasteiger partial charge in [0.15, 0.2) is 0 Å². The fourth-order valence-corrected chi connectivity index (χ4v) is 2.20. The molecule has 0 saturated carbocycles. The minimum absolute atomic E-state index is 0.0974. The van der Waals surface area contributed by atoms with Crippen molar-refractivity contribution in [2.45, 2.75) is 0 Å². The van der Waals surface area contributed by atoms with Gasteiger partial charge in [-0.25, -0.2) is 15.0 Å². The van der Waals surface area contributed by atoms with Crippen LogP contribution in [0.1, 0.15) is 5.56 Å². The molecule has 0 unspecified atom stereocenters. The lowest BCUT2D eigenvalue weighted by molar-refractivity contribution is 0.475. The van der Waals surface area contributed by atoms with Crippen LogP contribution < -0.4 is 11.5 Å². The van der Waals surface area contributed by atoms with Crippen molar-refractivity contribution in [3.8, 4) is 34.2 Å². The van der Waals surface area contributed by atoms with Gasteiger partial charge in [0.1, 0.15) is 23.2 Å². The Balaban J connectivity index is 2.22. The number of benzene rings is 1. The minimum Gasteiger partial charge on any atom is -0.508 e. The number of phenolic OH excluding ortho intramolecular Hbond substituents is 1. The van der Waals surface area contributed by atoms with E-state index in [4.69, 9.17) is 11.5 Å². The van der Waals surface area contributed by atoms with Crippen LogP contribution >= 0.6 is 0 Å². The summed E-state index contributed by atoms with van der Waals surface area (Å²) in [6.07, 6.45) is 3.04. The Labute approximate surface area is 131 Å². The van der Waals surface area contributed by atoms with Crippen molar-refractivity contribution in [3.63, 3.8) is 0 Å². The van der Waals surface area contributed by atoms with E-state index < -0.39 is 0 Å². The largest absolute Gasteiger partial charge is 0.508 e. The van der Waals surface area contributed by atoms with Crippen molar-refractivity contribution in [1.82, 2.24) is 15.0 Å². The van der Waals surface area contributed by atoms with Crippen molar-refractivity contribution in [3.05, 3.63) is 48.3 Å². The Morgan fingerprint density at radius 3 is 2.43 bits per heavy atom. The number of nitrogen functional groups attached to an aromatic ring is 2. The second-order valence-electron chi connectivity index (χ2n) is 4.81. The maximum atomic E-state index is 9.62. The number of hydrogen-bond acceptors (Lipinski definition) is 7. The fourth-order valence-electron chi connectivity index (χ4n) is 2.20. The van der Waals surface area contributed by atoms with Crippen LogP contribution in [0.2, 0.25) is 0 Å². The van der Waals surface area contributed by atoms with E-state index in [0.29, 0.717) is 22.4 Å². The van der Waals surface area contributed by atoms with Crippen molar-refractivity contribution < 1.29 is 5.11 Å². The summed E-state index contributed by atoms with van der Waals surface area (Å²) in [7, 11) is 0. The Morgan fingerprint density at radius 2 is 1.78 bits per heavy atom. The van der Waals surface area contributed by atoms with Crippen LogP contribution in [0.5, 0.6) is 5.75 Å². The van der Waals surface area contributed by atoms with E-state index in [2.05, 4.69) is 15.0 Å². The van der Waals surface area contributed by atoms with E-state index in [-0.39, 0.29) is 23.1 Å². The van der Waals surface area contributed by atoms with Gasteiger partial charge in [-0.2, -0.15) is 5.26 Å². The Bertz CT molecular complexity index is 915. The Morgan fingerprint density at radius 1 is 1.04 bits per heavy atom. The Hall–Kier alpha value is -3.66. The smallest absolute Gasteiger partial charge is 0.219 e. The van der Waals surface area contributed by atoms with Gasteiger partial charge in [-0.05, 0) is 18.2 Å². The summed E-state index contributed by atoms with van der Waals surface area (Å²) >= 11 is 0. The number of rotatable bonds is 2. The molecular weight excluding hydrogens is 292 g/mol. The van der Waals surface area contributed by atoms with Gasteiger partial charge >= 0.3 is 0 Å². The van der Waals surface area contributed by atoms with E-state index in [1.807, 2.05) is 6.07 Å². The average Bonchev–Trinajstić information content (AvgIpc) is 2.55. The van der Waals surface area contributed by atoms with Crippen LogP contribution in [0.3, 0.4) is 0 Å². The van der Waals surface area contributed by atoms with Gasteiger partial charge in [-0.1, -0.05) is 12.1 Å². The van der Waals surface area contributed by atoms with Crippen LogP contribution in [0.4, 0.5) is 11.8 Å². The molecule has 1 aromatic carbocycles. The van der Waals surface area contributed by atoms with E-state index in [9.17, 15) is 10.4 Å². The predicted octanol–water partition coefficient (Wildman–Crippen LogP) is 1.95. The molecule has 0 bridgehead atoms. The first-order valence-electron chi connectivity index (χ1n) is 6.66. The number of pyridine rings is 1. The topological polar surface area (TPSA) is 135 Å². The van der Waals surface area contributed by atoms with Gasteiger partial charge in [0, 0.05) is 29.1 Å². The number of aromatic nitrogens is 3. The summed E-state index contributed by atoms with van der Waals surface area (Å²) in [4.78, 5) is 12.1. The molecule has 7 heteroatoms. The highest BCUT2D eigenvalue weighted by Crippen LogP contribution is 2.31. The molecule has 23 heavy (non-hydrogen) atoms. The van der Waals surface area contributed by atoms with Gasteiger partial charge in [-0.15, -0.1) is 0 Å². The lowest BCUT2D eigenvalue weighted by Gasteiger charge is -2.10. The van der Waals surface area contributed by atoms with E-state index >= 15 is 0 Å². The number of nitrogens with zero attached hydrogens (tertiary/aromatic N) is 4. The summed E-state index contributed by atoms with van der Waals surface area (Å²) in [5, 5.41) is 19.0. The molecule has 3 rings (SSSR count). The summed E-state index contributed by atoms with van der Waals surface area (Å²) < 4.78 is 0. The van der Waals surface area contributed by atoms with Crippen LogP contribution in [-0.2, 0) is 0 Å². The molecule has 0 aliphatic carbocycles. The molecule has 0 fully saturated rings. The maximum Gasteiger partial charge on any atom is 0.219 e. The van der Waals surface area contributed by atoms with Crippen molar-refractivity contribution in [2.24, 2.45) is 0 Å².